The Labute approximate surface area is 337 Å². The van der Waals surface area contributed by atoms with Gasteiger partial charge in [-0.05, 0) is 151 Å². The first kappa shape index (κ1) is 32.7. The van der Waals surface area contributed by atoms with Crippen molar-refractivity contribution >= 4 is 43.1 Å². The number of hydrogen-bond acceptors (Lipinski definition) is 0. The van der Waals surface area contributed by atoms with E-state index < -0.39 is 0 Å². The minimum atomic E-state index is 1.21. The lowest BCUT2D eigenvalue weighted by molar-refractivity contribution is 1.57. The Balaban J connectivity index is 1.01. The minimum absolute atomic E-state index is 1.21. The van der Waals surface area contributed by atoms with E-state index in [1.54, 1.807) is 0 Å². The van der Waals surface area contributed by atoms with Crippen molar-refractivity contribution in [1.82, 2.24) is 0 Å². The molecular formula is C58H36. The molecule has 12 rings (SSSR count). The standard InChI is InChI=1S/C58H36/c1-4-11-44-32-47(27-20-37(44)8-1)40-16-23-42(24-17-40)54-35-56-52-15-7-14-51-50(49-29-22-39-10-3-6-13-46(39)34-49)30-31-53(58(51)52)57(56)36-55(54)43-25-18-41(19-26-43)48-28-21-38-9-2-5-12-45(38)33-48/h1-36H. The molecule has 0 amide bonds. The van der Waals surface area contributed by atoms with E-state index in [1.807, 2.05) is 0 Å². The van der Waals surface area contributed by atoms with Crippen molar-refractivity contribution in [2.75, 3.05) is 0 Å². The molecule has 0 aromatic heterocycles. The molecule has 0 nitrogen and oxygen atoms in total. The third-order valence-corrected chi connectivity index (χ3v) is 12.4. The summed E-state index contributed by atoms with van der Waals surface area (Å²) in [4.78, 5) is 0. The second-order valence-corrected chi connectivity index (χ2v) is 15.7. The summed E-state index contributed by atoms with van der Waals surface area (Å²) in [5.41, 5.74) is 17.5. The van der Waals surface area contributed by atoms with Crippen LogP contribution in [0.15, 0.2) is 218 Å². The third-order valence-electron chi connectivity index (χ3n) is 12.4. The molecule has 0 fully saturated rings. The summed E-state index contributed by atoms with van der Waals surface area (Å²) in [6.07, 6.45) is 0. The van der Waals surface area contributed by atoms with Gasteiger partial charge in [0.25, 0.3) is 0 Å². The quantitative estimate of drug-likeness (QED) is 0.165. The van der Waals surface area contributed by atoms with Gasteiger partial charge in [-0.25, -0.2) is 0 Å². The summed E-state index contributed by atoms with van der Waals surface area (Å²) in [5, 5.41) is 10.2. The number of rotatable bonds is 5. The normalized spacial score (nSPS) is 11.8. The van der Waals surface area contributed by atoms with Gasteiger partial charge in [-0.2, -0.15) is 0 Å². The van der Waals surface area contributed by atoms with Gasteiger partial charge < -0.3 is 0 Å². The van der Waals surface area contributed by atoms with Crippen molar-refractivity contribution in [3.05, 3.63) is 218 Å². The first-order valence-electron chi connectivity index (χ1n) is 20.1. The van der Waals surface area contributed by atoms with Crippen LogP contribution < -0.4 is 0 Å². The fourth-order valence-electron chi connectivity index (χ4n) is 9.41. The maximum absolute atomic E-state index is 2.46. The predicted octanol–water partition coefficient (Wildman–Crippen LogP) is 16.3. The molecule has 0 N–H and O–H groups in total. The molecule has 0 unspecified atom stereocenters. The lowest BCUT2D eigenvalue weighted by Gasteiger charge is -2.16. The van der Waals surface area contributed by atoms with Crippen molar-refractivity contribution in [1.29, 1.82) is 0 Å². The minimum Gasteiger partial charge on any atom is -0.0616 e. The highest BCUT2D eigenvalue weighted by molar-refractivity contribution is 6.20. The smallest absolute Gasteiger partial charge is 0.00201 e. The number of benzene rings is 11. The highest BCUT2D eigenvalue weighted by atomic mass is 14.3. The van der Waals surface area contributed by atoms with Crippen LogP contribution in [-0.4, -0.2) is 0 Å². The molecule has 0 atom stereocenters. The Morgan fingerprint density at radius 2 is 0.552 bits per heavy atom. The van der Waals surface area contributed by atoms with Crippen LogP contribution in [0.3, 0.4) is 0 Å². The zero-order valence-corrected chi connectivity index (χ0v) is 31.8. The van der Waals surface area contributed by atoms with Gasteiger partial charge >= 0.3 is 0 Å². The van der Waals surface area contributed by atoms with Crippen LogP contribution >= 0.6 is 0 Å². The van der Waals surface area contributed by atoms with Gasteiger partial charge in [0.05, 0.1) is 0 Å². The van der Waals surface area contributed by atoms with E-state index in [1.165, 1.54) is 121 Å². The van der Waals surface area contributed by atoms with Crippen molar-refractivity contribution in [3.63, 3.8) is 0 Å². The molecule has 1 aliphatic carbocycles. The van der Waals surface area contributed by atoms with Gasteiger partial charge in [0.1, 0.15) is 0 Å². The van der Waals surface area contributed by atoms with Crippen LogP contribution in [-0.2, 0) is 0 Å². The van der Waals surface area contributed by atoms with E-state index >= 15 is 0 Å². The lowest BCUT2D eigenvalue weighted by Crippen LogP contribution is -1.90. The van der Waals surface area contributed by atoms with Gasteiger partial charge in [0.2, 0.25) is 0 Å². The highest BCUT2D eigenvalue weighted by Gasteiger charge is 2.25. The maximum Gasteiger partial charge on any atom is -0.00201 e. The first-order chi connectivity index (χ1) is 28.7. The zero-order chi connectivity index (χ0) is 38.2. The van der Waals surface area contributed by atoms with E-state index in [9.17, 15) is 0 Å². The van der Waals surface area contributed by atoms with E-state index in [0.717, 1.165) is 0 Å². The lowest BCUT2D eigenvalue weighted by atomic mass is 9.88. The summed E-state index contributed by atoms with van der Waals surface area (Å²) in [6.45, 7) is 0. The van der Waals surface area contributed by atoms with Crippen LogP contribution in [0.25, 0.3) is 121 Å². The molecule has 0 heterocycles. The van der Waals surface area contributed by atoms with Gasteiger partial charge in [-0.3, -0.25) is 0 Å². The average molecular weight is 733 g/mol. The first-order valence-corrected chi connectivity index (χ1v) is 20.1. The van der Waals surface area contributed by atoms with Gasteiger partial charge in [0.15, 0.2) is 0 Å². The van der Waals surface area contributed by atoms with Crippen molar-refractivity contribution in [2.24, 2.45) is 0 Å². The summed E-state index contributed by atoms with van der Waals surface area (Å²) in [5.74, 6) is 0. The number of hydrogen-bond donors (Lipinski definition) is 0. The molecule has 268 valence electrons. The molecule has 11 aromatic rings. The average Bonchev–Trinajstić information content (AvgIpc) is 3.62. The van der Waals surface area contributed by atoms with Gasteiger partial charge in [-0.15, -0.1) is 0 Å². The largest absolute Gasteiger partial charge is 0.0616 e. The summed E-state index contributed by atoms with van der Waals surface area (Å²) in [6, 6.07) is 81.0. The van der Waals surface area contributed by atoms with Gasteiger partial charge in [0, 0.05) is 0 Å². The molecule has 11 aromatic carbocycles. The molecule has 0 spiro atoms. The molecule has 0 radical (unpaired) electrons. The fraction of sp³-hybridized carbons (Fsp3) is 0. The van der Waals surface area contributed by atoms with Crippen LogP contribution in [0.5, 0.6) is 0 Å². The van der Waals surface area contributed by atoms with E-state index in [2.05, 4.69) is 218 Å². The molecule has 58 heavy (non-hydrogen) atoms. The second kappa shape index (κ2) is 13.0. The Hall–Kier alpha value is -7.54. The Bertz CT molecular complexity index is 3260. The molecule has 0 heteroatoms. The Morgan fingerprint density at radius 1 is 0.172 bits per heavy atom. The van der Waals surface area contributed by atoms with Crippen LogP contribution in [0, 0.1) is 0 Å². The molecule has 0 aliphatic heterocycles. The Kier molecular flexibility index (Phi) is 7.33. The zero-order valence-electron chi connectivity index (χ0n) is 31.8. The third kappa shape index (κ3) is 5.30. The maximum atomic E-state index is 2.46. The summed E-state index contributed by atoms with van der Waals surface area (Å²) in [7, 11) is 0. The highest BCUT2D eigenvalue weighted by Crippen LogP contribution is 2.52. The topological polar surface area (TPSA) is 0 Å². The summed E-state index contributed by atoms with van der Waals surface area (Å²) >= 11 is 0. The van der Waals surface area contributed by atoms with Crippen LogP contribution in [0.2, 0.25) is 0 Å². The van der Waals surface area contributed by atoms with E-state index in [-0.39, 0.29) is 0 Å². The SMILES string of the molecule is c1ccc2cc(-c3ccc(-c4cc5c(cc4-c4ccc(-c6ccc7ccccc7c6)cc4)-c4ccc(-c6ccc7ccccc7c6)c6cccc-5c46)cc3)ccc2c1. The van der Waals surface area contributed by atoms with Crippen LogP contribution in [0.1, 0.15) is 0 Å². The van der Waals surface area contributed by atoms with E-state index in [4.69, 9.17) is 0 Å². The molecule has 0 bridgehead atoms. The molecular weight excluding hydrogens is 697 g/mol. The molecule has 0 saturated heterocycles. The van der Waals surface area contributed by atoms with Crippen LogP contribution in [0.4, 0.5) is 0 Å². The fourth-order valence-corrected chi connectivity index (χ4v) is 9.41. The predicted molar refractivity (Wildman–Crippen MR) is 248 cm³/mol. The van der Waals surface area contributed by atoms with Crippen molar-refractivity contribution in [3.8, 4) is 77.9 Å². The molecule has 0 saturated carbocycles. The Morgan fingerprint density at radius 3 is 1.05 bits per heavy atom. The van der Waals surface area contributed by atoms with E-state index in [0.29, 0.717) is 0 Å². The van der Waals surface area contributed by atoms with Crippen molar-refractivity contribution < 1.29 is 0 Å². The van der Waals surface area contributed by atoms with Gasteiger partial charge in [-0.1, -0.05) is 188 Å². The summed E-state index contributed by atoms with van der Waals surface area (Å²) < 4.78 is 0. The monoisotopic (exact) mass is 732 g/mol. The second-order valence-electron chi connectivity index (χ2n) is 15.7. The molecule has 1 aliphatic rings. The number of fused-ring (bicyclic) bond motifs is 6. The van der Waals surface area contributed by atoms with Crippen molar-refractivity contribution in [2.45, 2.75) is 0 Å².